The number of nitrogens with zero attached hydrogens (tertiary/aromatic N) is 3. The molecule has 0 radical (unpaired) electrons. The van der Waals surface area contributed by atoms with Crippen LogP contribution in [-0.4, -0.2) is 21.6 Å². The van der Waals surface area contributed by atoms with Crippen LogP contribution in [0.5, 0.6) is 0 Å². The first kappa shape index (κ1) is 13.8. The minimum Gasteiger partial charge on any atom is -0.498 e. The largest absolute Gasteiger partial charge is 0.498 e. The molecule has 0 amide bonds. The minimum absolute atomic E-state index is 0.741. The molecule has 0 fully saturated rings. The molecule has 0 atom stereocenters. The molecule has 104 valence electrons. The Bertz CT molecular complexity index is 432. The van der Waals surface area contributed by atoms with Gasteiger partial charge in [-0.25, -0.2) is 0 Å². The molecular weight excluding hydrogens is 238 g/mol. The Morgan fingerprint density at radius 2 is 2.21 bits per heavy atom. The summed E-state index contributed by atoms with van der Waals surface area (Å²) in [4.78, 5) is 0. The molecule has 0 N–H and O–H groups in total. The molecule has 1 heterocycles. The van der Waals surface area contributed by atoms with Crippen molar-refractivity contribution in [2.75, 3.05) is 6.61 Å². The van der Waals surface area contributed by atoms with E-state index in [9.17, 15) is 0 Å². The zero-order valence-corrected chi connectivity index (χ0v) is 11.9. The molecule has 0 bridgehead atoms. The van der Waals surface area contributed by atoms with E-state index in [-0.39, 0.29) is 0 Å². The van der Waals surface area contributed by atoms with Gasteiger partial charge in [0.25, 0.3) is 0 Å². The SMILES string of the molecule is CC(C)CC1=CC=C(OCCCn2ccnn2)CC1. The average molecular weight is 261 g/mol. The van der Waals surface area contributed by atoms with Gasteiger partial charge in [0.05, 0.1) is 18.6 Å². The first-order valence-electron chi connectivity index (χ1n) is 7.09. The number of allylic oxidation sites excluding steroid dienone is 4. The van der Waals surface area contributed by atoms with Crippen LogP contribution in [-0.2, 0) is 11.3 Å². The summed E-state index contributed by atoms with van der Waals surface area (Å²) in [6.45, 7) is 6.14. The fourth-order valence-corrected chi connectivity index (χ4v) is 2.26. The molecule has 0 spiro atoms. The number of aryl methyl sites for hydroxylation is 1. The van der Waals surface area contributed by atoms with Crippen LogP contribution in [0.4, 0.5) is 0 Å². The Hall–Kier alpha value is -1.58. The summed E-state index contributed by atoms with van der Waals surface area (Å²) in [5.41, 5.74) is 1.55. The van der Waals surface area contributed by atoms with E-state index in [0.717, 1.165) is 44.1 Å². The van der Waals surface area contributed by atoms with E-state index >= 15 is 0 Å². The van der Waals surface area contributed by atoms with E-state index in [1.165, 1.54) is 6.42 Å². The molecule has 0 aromatic carbocycles. The average Bonchev–Trinajstić information content (AvgIpc) is 2.89. The second-order valence-electron chi connectivity index (χ2n) is 5.42. The Morgan fingerprint density at radius 1 is 1.32 bits per heavy atom. The van der Waals surface area contributed by atoms with Crippen molar-refractivity contribution in [3.63, 3.8) is 0 Å². The number of hydrogen-bond acceptors (Lipinski definition) is 3. The zero-order valence-electron chi connectivity index (χ0n) is 11.9. The maximum atomic E-state index is 5.79. The first-order chi connectivity index (χ1) is 9.24. The topological polar surface area (TPSA) is 39.9 Å². The van der Waals surface area contributed by atoms with Gasteiger partial charge in [0.15, 0.2) is 0 Å². The van der Waals surface area contributed by atoms with Crippen molar-refractivity contribution in [1.82, 2.24) is 15.0 Å². The molecule has 0 saturated carbocycles. The minimum atomic E-state index is 0.741. The Labute approximate surface area is 115 Å². The van der Waals surface area contributed by atoms with Gasteiger partial charge in [0, 0.05) is 25.6 Å². The van der Waals surface area contributed by atoms with Crippen molar-refractivity contribution < 1.29 is 4.74 Å². The molecule has 4 heteroatoms. The molecule has 1 aliphatic carbocycles. The van der Waals surface area contributed by atoms with Crippen molar-refractivity contribution >= 4 is 0 Å². The van der Waals surface area contributed by atoms with Crippen LogP contribution in [0, 0.1) is 5.92 Å². The number of ether oxygens (including phenoxy) is 1. The quantitative estimate of drug-likeness (QED) is 0.707. The van der Waals surface area contributed by atoms with Crippen LogP contribution in [0.25, 0.3) is 0 Å². The lowest BCUT2D eigenvalue weighted by Gasteiger charge is -2.17. The lowest BCUT2D eigenvalue weighted by atomic mass is 9.95. The molecule has 0 unspecified atom stereocenters. The van der Waals surface area contributed by atoms with Gasteiger partial charge < -0.3 is 4.74 Å². The van der Waals surface area contributed by atoms with Gasteiger partial charge in [-0.05, 0) is 24.8 Å². The highest BCUT2D eigenvalue weighted by Gasteiger charge is 2.08. The van der Waals surface area contributed by atoms with E-state index in [2.05, 4.69) is 36.3 Å². The van der Waals surface area contributed by atoms with E-state index in [1.807, 2.05) is 10.9 Å². The molecule has 0 aliphatic heterocycles. The van der Waals surface area contributed by atoms with E-state index in [1.54, 1.807) is 11.8 Å². The Kier molecular flexibility index (Phi) is 5.19. The summed E-state index contributed by atoms with van der Waals surface area (Å²) in [7, 11) is 0. The summed E-state index contributed by atoms with van der Waals surface area (Å²) in [5.74, 6) is 1.86. The third-order valence-corrected chi connectivity index (χ3v) is 3.16. The Morgan fingerprint density at radius 3 is 2.84 bits per heavy atom. The summed E-state index contributed by atoms with van der Waals surface area (Å²) in [6.07, 6.45) is 12.3. The van der Waals surface area contributed by atoms with Gasteiger partial charge in [-0.15, -0.1) is 5.10 Å². The second kappa shape index (κ2) is 7.12. The zero-order chi connectivity index (χ0) is 13.5. The number of hydrogen-bond donors (Lipinski definition) is 0. The van der Waals surface area contributed by atoms with E-state index < -0.39 is 0 Å². The molecule has 1 aromatic rings. The third-order valence-electron chi connectivity index (χ3n) is 3.16. The van der Waals surface area contributed by atoms with Crippen LogP contribution in [0.2, 0.25) is 0 Å². The Balaban J connectivity index is 1.66. The van der Waals surface area contributed by atoms with Crippen LogP contribution in [0.15, 0.2) is 35.9 Å². The van der Waals surface area contributed by atoms with Gasteiger partial charge in [-0.1, -0.05) is 30.7 Å². The van der Waals surface area contributed by atoms with Crippen molar-refractivity contribution in [1.29, 1.82) is 0 Å². The maximum absolute atomic E-state index is 5.79. The standard InChI is InChI=1S/C15H23N3O/c1-13(2)12-14-4-6-15(7-5-14)19-11-3-9-18-10-8-16-17-18/h4,6,8,10,13H,3,5,7,9,11-12H2,1-2H3. The predicted octanol–water partition coefficient (Wildman–Crippen LogP) is 3.34. The number of rotatable bonds is 7. The lowest BCUT2D eigenvalue weighted by Crippen LogP contribution is -2.05. The van der Waals surface area contributed by atoms with Crippen LogP contribution in [0.3, 0.4) is 0 Å². The smallest absolute Gasteiger partial charge is 0.0962 e. The third kappa shape index (κ3) is 4.89. The first-order valence-corrected chi connectivity index (χ1v) is 7.09. The van der Waals surface area contributed by atoms with Gasteiger partial charge in [-0.3, -0.25) is 4.68 Å². The summed E-state index contributed by atoms with van der Waals surface area (Å²) < 4.78 is 7.62. The highest BCUT2D eigenvalue weighted by molar-refractivity contribution is 5.21. The molecule has 2 rings (SSSR count). The number of aromatic nitrogens is 3. The highest BCUT2D eigenvalue weighted by Crippen LogP contribution is 2.24. The lowest BCUT2D eigenvalue weighted by molar-refractivity contribution is 0.191. The molecule has 4 nitrogen and oxygen atoms in total. The van der Waals surface area contributed by atoms with E-state index in [4.69, 9.17) is 4.74 Å². The summed E-state index contributed by atoms with van der Waals surface area (Å²) >= 11 is 0. The van der Waals surface area contributed by atoms with Gasteiger partial charge in [0.1, 0.15) is 0 Å². The van der Waals surface area contributed by atoms with Crippen LogP contribution < -0.4 is 0 Å². The van der Waals surface area contributed by atoms with Crippen molar-refractivity contribution in [3.05, 3.63) is 35.9 Å². The molecule has 1 aromatic heterocycles. The van der Waals surface area contributed by atoms with Crippen LogP contribution >= 0.6 is 0 Å². The van der Waals surface area contributed by atoms with Gasteiger partial charge >= 0.3 is 0 Å². The maximum Gasteiger partial charge on any atom is 0.0962 e. The molecule has 19 heavy (non-hydrogen) atoms. The van der Waals surface area contributed by atoms with E-state index in [0.29, 0.717) is 0 Å². The summed E-state index contributed by atoms with van der Waals surface area (Å²) in [6, 6.07) is 0. The fourth-order valence-electron chi connectivity index (χ4n) is 2.26. The van der Waals surface area contributed by atoms with Gasteiger partial charge in [0.2, 0.25) is 0 Å². The van der Waals surface area contributed by atoms with Crippen molar-refractivity contribution in [2.24, 2.45) is 5.92 Å². The monoisotopic (exact) mass is 261 g/mol. The molecule has 1 aliphatic rings. The second-order valence-corrected chi connectivity index (χ2v) is 5.42. The summed E-state index contributed by atoms with van der Waals surface area (Å²) in [5, 5.41) is 7.70. The van der Waals surface area contributed by atoms with Gasteiger partial charge in [-0.2, -0.15) is 0 Å². The molecular formula is C15H23N3O. The fraction of sp³-hybridized carbons (Fsp3) is 0.600. The predicted molar refractivity (Wildman–Crippen MR) is 75.4 cm³/mol. The highest BCUT2D eigenvalue weighted by atomic mass is 16.5. The van der Waals surface area contributed by atoms with Crippen molar-refractivity contribution in [3.8, 4) is 0 Å². The normalized spacial score (nSPS) is 15.3. The molecule has 0 saturated heterocycles. The van der Waals surface area contributed by atoms with Crippen molar-refractivity contribution in [2.45, 2.75) is 46.1 Å². The van der Waals surface area contributed by atoms with Crippen LogP contribution in [0.1, 0.15) is 39.5 Å².